The predicted octanol–water partition coefficient (Wildman–Crippen LogP) is 6.39. The van der Waals surface area contributed by atoms with Crippen LogP contribution in [0, 0.1) is 26.2 Å². The zero-order valence-corrected chi connectivity index (χ0v) is 20.8. The fraction of sp³-hybridized carbons (Fsp3) is 0.429. The highest BCUT2D eigenvalue weighted by molar-refractivity contribution is 5.94. The molecule has 0 radical (unpaired) electrons. The lowest BCUT2D eigenvalue weighted by Gasteiger charge is -2.22. The number of fused-ring (bicyclic) bond motifs is 1. The van der Waals surface area contributed by atoms with Crippen molar-refractivity contribution in [2.75, 3.05) is 11.9 Å². The number of aliphatic carboxylic acids is 1. The average Bonchev–Trinajstić information content (AvgIpc) is 3.17. The van der Waals surface area contributed by atoms with Gasteiger partial charge in [0, 0.05) is 29.2 Å². The molecule has 0 bridgehead atoms. The van der Waals surface area contributed by atoms with E-state index in [0.29, 0.717) is 25.0 Å². The van der Waals surface area contributed by atoms with Gasteiger partial charge in [-0.2, -0.15) is 0 Å². The largest absolute Gasteiger partial charge is 0.492 e. The second kappa shape index (κ2) is 9.42. The van der Waals surface area contributed by atoms with Gasteiger partial charge in [-0.1, -0.05) is 52.0 Å². The van der Waals surface area contributed by atoms with E-state index < -0.39 is 5.97 Å². The number of benzene rings is 2. The number of carbonyl (C=O) groups excluding carboxylic acids is 1. The van der Waals surface area contributed by atoms with Gasteiger partial charge in [0.25, 0.3) is 0 Å². The smallest absolute Gasteiger partial charge is 0.331 e. The van der Waals surface area contributed by atoms with E-state index in [1.165, 1.54) is 0 Å². The lowest BCUT2D eigenvalue weighted by molar-refractivity contribution is -0.132. The van der Waals surface area contributed by atoms with Crippen LogP contribution in [0.2, 0.25) is 0 Å². The Kier molecular flexibility index (Phi) is 7.01. The fourth-order valence-electron chi connectivity index (χ4n) is 4.50. The van der Waals surface area contributed by atoms with E-state index in [1.807, 2.05) is 45.9 Å². The second-order valence-corrected chi connectivity index (χ2v) is 10.1. The molecule has 2 aromatic carbocycles. The van der Waals surface area contributed by atoms with Gasteiger partial charge in [0.2, 0.25) is 5.91 Å². The molecule has 176 valence electrons. The SMILES string of the molecule is CC/C(=C\c1cccc(C2COc3c(C)c(C)c(NC(=O)CC(C)(C)C)c(C)c32)c1)C(=O)O. The van der Waals surface area contributed by atoms with Crippen molar-refractivity contribution < 1.29 is 19.4 Å². The van der Waals surface area contributed by atoms with Crippen LogP contribution in [-0.4, -0.2) is 23.6 Å². The summed E-state index contributed by atoms with van der Waals surface area (Å²) >= 11 is 0. The molecule has 1 unspecified atom stereocenters. The molecule has 0 saturated heterocycles. The summed E-state index contributed by atoms with van der Waals surface area (Å²) in [5, 5.41) is 12.6. The number of hydrogen-bond donors (Lipinski definition) is 2. The number of ether oxygens (including phenoxy) is 1. The molecule has 1 amide bonds. The van der Waals surface area contributed by atoms with Gasteiger partial charge in [0.1, 0.15) is 5.75 Å². The predicted molar refractivity (Wildman–Crippen MR) is 133 cm³/mol. The minimum Gasteiger partial charge on any atom is -0.492 e. The van der Waals surface area contributed by atoms with Crippen LogP contribution in [0.1, 0.15) is 79.8 Å². The molecular formula is C28H35NO4. The summed E-state index contributed by atoms with van der Waals surface area (Å²) in [6, 6.07) is 7.97. The zero-order valence-electron chi connectivity index (χ0n) is 20.8. The Balaban J connectivity index is 2.03. The van der Waals surface area contributed by atoms with Crippen molar-refractivity contribution in [1.29, 1.82) is 0 Å². The lowest BCUT2D eigenvalue weighted by Crippen LogP contribution is -2.21. The normalized spacial score (nSPS) is 15.7. The van der Waals surface area contributed by atoms with E-state index in [4.69, 9.17) is 4.74 Å². The molecule has 1 atom stereocenters. The highest BCUT2D eigenvalue weighted by Crippen LogP contribution is 2.47. The van der Waals surface area contributed by atoms with Crippen LogP contribution in [0.25, 0.3) is 6.08 Å². The van der Waals surface area contributed by atoms with Crippen LogP contribution < -0.4 is 10.1 Å². The van der Waals surface area contributed by atoms with Crippen LogP contribution in [0.15, 0.2) is 29.8 Å². The van der Waals surface area contributed by atoms with Crippen LogP contribution in [0.4, 0.5) is 5.69 Å². The molecule has 3 rings (SSSR count). The summed E-state index contributed by atoms with van der Waals surface area (Å²) in [6.45, 7) is 14.6. The first-order chi connectivity index (χ1) is 15.4. The number of carboxylic acids is 1. The molecular weight excluding hydrogens is 414 g/mol. The summed E-state index contributed by atoms with van der Waals surface area (Å²) in [4.78, 5) is 24.2. The lowest BCUT2D eigenvalue weighted by atomic mass is 9.85. The zero-order chi connectivity index (χ0) is 24.5. The first-order valence-electron chi connectivity index (χ1n) is 11.5. The van der Waals surface area contributed by atoms with Crippen molar-refractivity contribution in [3.05, 3.63) is 63.2 Å². The summed E-state index contributed by atoms with van der Waals surface area (Å²) in [5.74, 6) is 0.0248. The minimum atomic E-state index is -0.893. The molecule has 1 aliphatic heterocycles. The molecule has 1 heterocycles. The van der Waals surface area contributed by atoms with Gasteiger partial charge in [-0.3, -0.25) is 4.79 Å². The van der Waals surface area contributed by atoms with E-state index >= 15 is 0 Å². The van der Waals surface area contributed by atoms with E-state index in [1.54, 1.807) is 6.08 Å². The van der Waals surface area contributed by atoms with E-state index in [2.05, 4.69) is 32.2 Å². The van der Waals surface area contributed by atoms with Crippen molar-refractivity contribution in [2.45, 2.75) is 67.2 Å². The van der Waals surface area contributed by atoms with E-state index in [9.17, 15) is 14.7 Å². The Bertz CT molecular complexity index is 1120. The van der Waals surface area contributed by atoms with Gasteiger partial charge in [0.15, 0.2) is 0 Å². The molecule has 33 heavy (non-hydrogen) atoms. The van der Waals surface area contributed by atoms with Gasteiger partial charge in [-0.25, -0.2) is 4.79 Å². The monoisotopic (exact) mass is 449 g/mol. The number of carbonyl (C=O) groups is 2. The molecule has 0 aliphatic carbocycles. The molecule has 2 N–H and O–H groups in total. The van der Waals surface area contributed by atoms with E-state index in [-0.39, 0.29) is 17.2 Å². The van der Waals surface area contributed by atoms with Crippen LogP contribution in [-0.2, 0) is 9.59 Å². The standard InChI is InChI=1S/C28H35NO4/c1-8-20(27(31)32)12-19-10-9-11-21(13-19)22-15-33-26-17(3)16(2)25(18(4)24(22)26)29-23(30)14-28(5,6)7/h9-13,22H,8,14-15H2,1-7H3,(H,29,30)(H,31,32)/b20-12+. The third-order valence-electron chi connectivity index (χ3n) is 6.31. The Morgan fingerprint density at radius 3 is 2.45 bits per heavy atom. The summed E-state index contributed by atoms with van der Waals surface area (Å²) in [6.07, 6.45) is 2.64. The minimum absolute atomic E-state index is 0.0106. The molecule has 0 spiro atoms. The van der Waals surface area contributed by atoms with Crippen molar-refractivity contribution in [1.82, 2.24) is 0 Å². The molecule has 0 saturated carbocycles. The van der Waals surface area contributed by atoms with Gasteiger partial charge < -0.3 is 15.2 Å². The van der Waals surface area contributed by atoms with Crippen molar-refractivity contribution in [3.8, 4) is 5.75 Å². The average molecular weight is 450 g/mol. The Morgan fingerprint density at radius 1 is 1.15 bits per heavy atom. The maximum absolute atomic E-state index is 12.7. The second-order valence-electron chi connectivity index (χ2n) is 10.1. The topological polar surface area (TPSA) is 75.6 Å². The highest BCUT2D eigenvalue weighted by atomic mass is 16.5. The summed E-state index contributed by atoms with van der Waals surface area (Å²) in [7, 11) is 0. The molecule has 2 aromatic rings. The number of hydrogen-bond acceptors (Lipinski definition) is 3. The Labute approximate surface area is 196 Å². The van der Waals surface area contributed by atoms with Gasteiger partial charge in [0.05, 0.1) is 6.61 Å². The quantitative estimate of drug-likeness (QED) is 0.501. The summed E-state index contributed by atoms with van der Waals surface area (Å²) < 4.78 is 6.16. The molecule has 0 aromatic heterocycles. The Hall–Kier alpha value is -3.08. The number of anilines is 1. The summed E-state index contributed by atoms with van der Waals surface area (Å²) in [5.41, 5.74) is 7.27. The molecule has 0 fully saturated rings. The number of rotatable bonds is 6. The third kappa shape index (κ3) is 5.29. The Morgan fingerprint density at radius 2 is 1.85 bits per heavy atom. The fourth-order valence-corrected chi connectivity index (χ4v) is 4.50. The highest BCUT2D eigenvalue weighted by Gasteiger charge is 2.32. The number of carboxylic acid groups (broad SMARTS) is 1. The van der Waals surface area contributed by atoms with Crippen LogP contribution in [0.3, 0.4) is 0 Å². The maximum Gasteiger partial charge on any atom is 0.331 e. The van der Waals surface area contributed by atoms with Crippen molar-refractivity contribution in [2.24, 2.45) is 5.41 Å². The molecule has 5 nitrogen and oxygen atoms in total. The van der Waals surface area contributed by atoms with E-state index in [0.717, 1.165) is 44.8 Å². The maximum atomic E-state index is 12.7. The van der Waals surface area contributed by atoms with Crippen LogP contribution in [0.5, 0.6) is 5.75 Å². The van der Waals surface area contributed by atoms with Crippen LogP contribution >= 0.6 is 0 Å². The van der Waals surface area contributed by atoms with Gasteiger partial charge in [-0.15, -0.1) is 0 Å². The molecule has 1 aliphatic rings. The van der Waals surface area contributed by atoms with Gasteiger partial charge in [-0.05, 0) is 66.5 Å². The first kappa shape index (κ1) is 24.6. The third-order valence-corrected chi connectivity index (χ3v) is 6.31. The number of amides is 1. The first-order valence-corrected chi connectivity index (χ1v) is 11.5. The number of nitrogens with one attached hydrogen (secondary N) is 1. The van der Waals surface area contributed by atoms with Crippen molar-refractivity contribution >= 4 is 23.6 Å². The van der Waals surface area contributed by atoms with Gasteiger partial charge >= 0.3 is 5.97 Å². The van der Waals surface area contributed by atoms with Crippen molar-refractivity contribution in [3.63, 3.8) is 0 Å². The molecule has 5 heteroatoms.